The third kappa shape index (κ3) is 2.76. The van der Waals surface area contributed by atoms with E-state index in [1.807, 2.05) is 45.0 Å². The molecule has 0 saturated carbocycles. The summed E-state index contributed by atoms with van der Waals surface area (Å²) >= 11 is 1.29. The van der Waals surface area contributed by atoms with Crippen LogP contribution in [0.15, 0.2) is 29.2 Å². The molecule has 0 fully saturated rings. The van der Waals surface area contributed by atoms with Crippen molar-refractivity contribution in [1.29, 1.82) is 0 Å². The summed E-state index contributed by atoms with van der Waals surface area (Å²) in [7, 11) is 0. The first-order chi connectivity index (χ1) is 8.72. The van der Waals surface area contributed by atoms with Gasteiger partial charge in [0.2, 0.25) is 11.8 Å². The molecule has 0 bridgehead atoms. The van der Waals surface area contributed by atoms with Gasteiger partial charge in [0.05, 0.1) is 5.69 Å². The Hall–Kier alpha value is -1.49. The minimum atomic E-state index is -1.14. The number of hydrogen-bond donors (Lipinski definition) is 2. The van der Waals surface area contributed by atoms with Gasteiger partial charge in [-0.15, -0.1) is 0 Å². The first kappa shape index (κ1) is 13.9. The largest absolute Gasteiger partial charge is 0.350 e. The number of carbonyl (C=O) groups is 2. The van der Waals surface area contributed by atoms with E-state index in [1.54, 1.807) is 6.92 Å². The summed E-state index contributed by atoms with van der Waals surface area (Å²) in [6.45, 7) is 7.35. The van der Waals surface area contributed by atoms with E-state index in [4.69, 9.17) is 0 Å². The van der Waals surface area contributed by atoms with E-state index >= 15 is 0 Å². The zero-order chi connectivity index (χ0) is 14.3. The van der Waals surface area contributed by atoms with E-state index in [0.717, 1.165) is 10.6 Å². The number of benzene rings is 1. The highest BCUT2D eigenvalue weighted by molar-refractivity contribution is 8.02. The van der Waals surface area contributed by atoms with Crippen LogP contribution < -0.4 is 10.6 Å². The number of thioether (sulfide) groups is 1. The Labute approximate surface area is 117 Å². The number of anilines is 1. The molecule has 0 saturated heterocycles. The lowest BCUT2D eigenvalue weighted by molar-refractivity contribution is -0.130. The second-order valence-electron chi connectivity index (χ2n) is 5.79. The topological polar surface area (TPSA) is 58.2 Å². The van der Waals surface area contributed by atoms with Crippen LogP contribution in [0.25, 0.3) is 0 Å². The fraction of sp³-hybridized carbons (Fsp3) is 0.429. The summed E-state index contributed by atoms with van der Waals surface area (Å²) in [5.74, 6) is -0.546. The monoisotopic (exact) mass is 278 g/mol. The number of amides is 2. The van der Waals surface area contributed by atoms with Crippen LogP contribution in [0.3, 0.4) is 0 Å². The van der Waals surface area contributed by atoms with Crippen LogP contribution in [-0.2, 0) is 9.59 Å². The van der Waals surface area contributed by atoms with Crippen LogP contribution in [0.4, 0.5) is 5.69 Å². The number of fused-ring (bicyclic) bond motifs is 1. The zero-order valence-electron chi connectivity index (χ0n) is 11.5. The SMILES string of the molecule is CC(C)(C)NC(=O)C1(C)Sc2ccccc2NC1=O. The quantitative estimate of drug-likeness (QED) is 0.776. The highest BCUT2D eigenvalue weighted by Gasteiger charge is 2.46. The normalized spacial score (nSPS) is 22.4. The van der Waals surface area contributed by atoms with Gasteiger partial charge in [0, 0.05) is 10.4 Å². The van der Waals surface area contributed by atoms with Gasteiger partial charge in [-0.3, -0.25) is 9.59 Å². The highest BCUT2D eigenvalue weighted by Crippen LogP contribution is 2.42. The Kier molecular flexibility index (Phi) is 3.34. The Morgan fingerprint density at radius 2 is 1.95 bits per heavy atom. The maximum absolute atomic E-state index is 12.4. The van der Waals surface area contributed by atoms with Gasteiger partial charge in [0.25, 0.3) is 0 Å². The predicted octanol–water partition coefficient (Wildman–Crippen LogP) is 2.40. The van der Waals surface area contributed by atoms with E-state index in [0.29, 0.717) is 0 Å². The average molecular weight is 278 g/mol. The number of para-hydroxylation sites is 1. The summed E-state index contributed by atoms with van der Waals surface area (Å²) in [6.07, 6.45) is 0. The molecule has 0 aromatic heterocycles. The molecular weight excluding hydrogens is 260 g/mol. The second kappa shape index (κ2) is 4.56. The van der Waals surface area contributed by atoms with E-state index in [2.05, 4.69) is 10.6 Å². The Morgan fingerprint density at radius 1 is 1.32 bits per heavy atom. The Bertz CT molecular complexity index is 536. The van der Waals surface area contributed by atoms with Crippen molar-refractivity contribution in [1.82, 2.24) is 5.32 Å². The van der Waals surface area contributed by atoms with E-state index in [-0.39, 0.29) is 17.4 Å². The molecule has 1 aromatic rings. The van der Waals surface area contributed by atoms with Gasteiger partial charge in [0.15, 0.2) is 4.75 Å². The standard InChI is InChI=1S/C14H18N2O2S/c1-13(2,3)16-12(18)14(4)11(17)15-9-7-5-6-8-10(9)19-14/h5-8H,1-4H3,(H,15,17)(H,16,18). The lowest BCUT2D eigenvalue weighted by atomic mass is 10.0. The lowest BCUT2D eigenvalue weighted by Crippen LogP contribution is -2.56. The minimum absolute atomic E-state index is 0.267. The molecule has 2 amide bonds. The molecule has 1 heterocycles. The molecule has 2 rings (SSSR count). The number of hydrogen-bond acceptors (Lipinski definition) is 3. The fourth-order valence-corrected chi connectivity index (χ4v) is 2.88. The van der Waals surface area contributed by atoms with Gasteiger partial charge in [-0.1, -0.05) is 23.9 Å². The van der Waals surface area contributed by atoms with Crippen molar-refractivity contribution in [2.24, 2.45) is 0 Å². The predicted molar refractivity (Wildman–Crippen MR) is 77.2 cm³/mol. The molecular formula is C14H18N2O2S. The highest BCUT2D eigenvalue weighted by atomic mass is 32.2. The molecule has 0 aliphatic carbocycles. The third-order valence-electron chi connectivity index (χ3n) is 2.80. The van der Waals surface area contributed by atoms with Crippen LogP contribution >= 0.6 is 11.8 Å². The molecule has 1 aliphatic rings. The van der Waals surface area contributed by atoms with Gasteiger partial charge >= 0.3 is 0 Å². The van der Waals surface area contributed by atoms with Gasteiger partial charge in [0.1, 0.15) is 0 Å². The lowest BCUT2D eigenvalue weighted by Gasteiger charge is -2.34. The molecule has 102 valence electrons. The van der Waals surface area contributed by atoms with E-state index < -0.39 is 4.75 Å². The molecule has 4 nitrogen and oxygen atoms in total. The van der Waals surface area contributed by atoms with Gasteiger partial charge in [-0.05, 0) is 39.8 Å². The van der Waals surface area contributed by atoms with Crippen molar-refractivity contribution in [3.05, 3.63) is 24.3 Å². The summed E-state index contributed by atoms with van der Waals surface area (Å²) < 4.78 is -1.14. The minimum Gasteiger partial charge on any atom is -0.350 e. The molecule has 1 atom stereocenters. The van der Waals surface area contributed by atoms with Crippen LogP contribution in [0.2, 0.25) is 0 Å². The van der Waals surface area contributed by atoms with Crippen LogP contribution in [0.1, 0.15) is 27.7 Å². The van der Waals surface area contributed by atoms with E-state index in [1.165, 1.54) is 11.8 Å². The van der Waals surface area contributed by atoms with E-state index in [9.17, 15) is 9.59 Å². The Balaban J connectivity index is 2.30. The maximum atomic E-state index is 12.4. The molecule has 1 unspecified atom stereocenters. The van der Waals surface area contributed by atoms with Gasteiger partial charge in [-0.25, -0.2) is 0 Å². The summed E-state index contributed by atoms with van der Waals surface area (Å²) in [4.78, 5) is 25.5. The summed E-state index contributed by atoms with van der Waals surface area (Å²) in [5, 5.41) is 5.67. The molecule has 0 spiro atoms. The molecule has 1 aliphatic heterocycles. The third-order valence-corrected chi connectivity index (χ3v) is 4.16. The smallest absolute Gasteiger partial charge is 0.250 e. The molecule has 19 heavy (non-hydrogen) atoms. The van der Waals surface area contributed by atoms with Crippen LogP contribution in [-0.4, -0.2) is 22.1 Å². The van der Waals surface area contributed by atoms with Crippen molar-refractivity contribution >= 4 is 29.3 Å². The molecule has 5 heteroatoms. The summed E-state index contributed by atoms with van der Waals surface area (Å²) in [6, 6.07) is 7.49. The first-order valence-electron chi connectivity index (χ1n) is 6.14. The number of nitrogens with one attached hydrogen (secondary N) is 2. The van der Waals surface area contributed by atoms with Gasteiger partial charge in [-0.2, -0.15) is 0 Å². The van der Waals surface area contributed by atoms with Crippen molar-refractivity contribution in [2.45, 2.75) is 42.9 Å². The number of carbonyl (C=O) groups excluding carboxylic acids is 2. The molecule has 0 radical (unpaired) electrons. The first-order valence-corrected chi connectivity index (χ1v) is 6.96. The summed E-state index contributed by atoms with van der Waals surface area (Å²) in [5.41, 5.74) is 0.399. The molecule has 2 N–H and O–H groups in total. The second-order valence-corrected chi connectivity index (χ2v) is 7.25. The Morgan fingerprint density at radius 3 is 2.58 bits per heavy atom. The van der Waals surface area contributed by atoms with Gasteiger partial charge < -0.3 is 10.6 Å². The molecule has 1 aromatic carbocycles. The maximum Gasteiger partial charge on any atom is 0.250 e. The van der Waals surface area contributed by atoms with Crippen molar-refractivity contribution < 1.29 is 9.59 Å². The average Bonchev–Trinajstić information content (AvgIpc) is 2.28. The van der Waals surface area contributed by atoms with Crippen molar-refractivity contribution in [3.8, 4) is 0 Å². The van der Waals surface area contributed by atoms with Crippen molar-refractivity contribution in [2.75, 3.05) is 5.32 Å². The van der Waals surface area contributed by atoms with Crippen molar-refractivity contribution in [3.63, 3.8) is 0 Å². The van der Waals surface area contributed by atoms with Crippen LogP contribution in [0.5, 0.6) is 0 Å². The fourth-order valence-electron chi connectivity index (χ4n) is 1.78. The number of rotatable bonds is 1. The van der Waals surface area contributed by atoms with Crippen LogP contribution in [0, 0.1) is 0 Å². The zero-order valence-corrected chi connectivity index (χ0v) is 12.4.